The SMILES string of the molecule is CC1(C(F)(F)F)C=CC(OC2CC3(CNC3)C2)=CC1. The lowest BCUT2D eigenvalue weighted by molar-refractivity contribution is -0.199. The van der Waals surface area contributed by atoms with Crippen molar-refractivity contribution in [3.05, 3.63) is 24.0 Å². The van der Waals surface area contributed by atoms with E-state index in [1.165, 1.54) is 19.1 Å². The largest absolute Gasteiger partial charge is 0.491 e. The summed E-state index contributed by atoms with van der Waals surface area (Å²) in [6.07, 6.45) is 2.22. The van der Waals surface area contributed by atoms with Crippen LogP contribution in [0.5, 0.6) is 0 Å². The van der Waals surface area contributed by atoms with Crippen LogP contribution in [0.15, 0.2) is 24.0 Å². The Labute approximate surface area is 110 Å². The van der Waals surface area contributed by atoms with Crippen LogP contribution in [0.4, 0.5) is 13.2 Å². The molecule has 3 aliphatic rings. The average molecular weight is 273 g/mol. The van der Waals surface area contributed by atoms with Crippen LogP contribution >= 0.6 is 0 Å². The molecule has 0 aromatic heterocycles. The van der Waals surface area contributed by atoms with Crippen LogP contribution in [0.3, 0.4) is 0 Å². The van der Waals surface area contributed by atoms with Crippen LogP contribution in [0.1, 0.15) is 26.2 Å². The average Bonchev–Trinajstić information content (AvgIpc) is 2.21. The molecule has 0 aromatic rings. The minimum absolute atomic E-state index is 0.0399. The molecule has 2 nitrogen and oxygen atoms in total. The topological polar surface area (TPSA) is 21.3 Å². The van der Waals surface area contributed by atoms with Crippen LogP contribution < -0.4 is 5.32 Å². The predicted molar refractivity (Wildman–Crippen MR) is 65.4 cm³/mol. The first kappa shape index (κ1) is 13.0. The number of nitrogens with one attached hydrogen (secondary N) is 1. The monoisotopic (exact) mass is 273 g/mol. The molecule has 1 heterocycles. The van der Waals surface area contributed by atoms with Crippen molar-refractivity contribution in [3.63, 3.8) is 0 Å². The number of ether oxygens (including phenoxy) is 1. The van der Waals surface area contributed by atoms with Crippen molar-refractivity contribution in [1.29, 1.82) is 0 Å². The molecular formula is C14H18F3NO. The van der Waals surface area contributed by atoms with Gasteiger partial charge in [0, 0.05) is 18.5 Å². The van der Waals surface area contributed by atoms with E-state index in [0.29, 0.717) is 11.2 Å². The van der Waals surface area contributed by atoms with Crippen molar-refractivity contribution in [2.45, 2.75) is 38.5 Å². The fraction of sp³-hybridized carbons (Fsp3) is 0.714. The first-order chi connectivity index (χ1) is 8.82. The zero-order valence-electron chi connectivity index (χ0n) is 10.9. The molecule has 3 rings (SSSR count). The molecule has 1 saturated heterocycles. The fourth-order valence-electron chi connectivity index (χ4n) is 2.96. The normalized spacial score (nSPS) is 33.6. The van der Waals surface area contributed by atoms with Gasteiger partial charge in [-0.2, -0.15) is 13.2 Å². The van der Waals surface area contributed by atoms with Crippen LogP contribution in [0.25, 0.3) is 0 Å². The van der Waals surface area contributed by atoms with Crippen LogP contribution in [0, 0.1) is 10.8 Å². The van der Waals surface area contributed by atoms with Gasteiger partial charge in [0.05, 0.1) is 11.5 Å². The summed E-state index contributed by atoms with van der Waals surface area (Å²) >= 11 is 0. The summed E-state index contributed by atoms with van der Waals surface area (Å²) < 4.78 is 44.2. The van der Waals surface area contributed by atoms with Gasteiger partial charge in [0.15, 0.2) is 0 Å². The lowest BCUT2D eigenvalue weighted by atomic mass is 9.63. The van der Waals surface area contributed by atoms with E-state index in [9.17, 15) is 13.2 Å². The van der Waals surface area contributed by atoms with E-state index >= 15 is 0 Å². The fourth-order valence-corrected chi connectivity index (χ4v) is 2.96. The summed E-state index contributed by atoms with van der Waals surface area (Å²) in [6, 6.07) is 0. The standard InChI is InChI=1S/C14H18F3NO/c1-12(14(15,16)17)4-2-10(3-5-12)19-11-6-13(7-11)8-18-9-13/h2-4,11,18H,5-9H2,1H3. The summed E-state index contributed by atoms with van der Waals surface area (Å²) in [5, 5.41) is 3.25. The quantitative estimate of drug-likeness (QED) is 0.834. The Kier molecular flexibility index (Phi) is 2.75. The number of allylic oxidation sites excluding steroid dienone is 3. The molecular weight excluding hydrogens is 255 g/mol. The Morgan fingerprint density at radius 2 is 2.00 bits per heavy atom. The van der Waals surface area contributed by atoms with Crippen molar-refractivity contribution in [3.8, 4) is 0 Å². The van der Waals surface area contributed by atoms with E-state index < -0.39 is 11.6 Å². The smallest absolute Gasteiger partial charge is 0.397 e. The minimum atomic E-state index is -4.20. The molecule has 1 unspecified atom stereocenters. The Hall–Kier alpha value is -0.970. The third-order valence-corrected chi connectivity index (χ3v) is 4.61. The highest BCUT2D eigenvalue weighted by molar-refractivity contribution is 5.24. The van der Waals surface area contributed by atoms with Crippen LogP contribution in [-0.4, -0.2) is 25.4 Å². The maximum Gasteiger partial charge on any atom is 0.397 e. The molecule has 2 fully saturated rings. The Morgan fingerprint density at radius 1 is 1.32 bits per heavy atom. The Bertz CT molecular complexity index is 428. The summed E-state index contributed by atoms with van der Waals surface area (Å²) in [4.78, 5) is 0. The summed E-state index contributed by atoms with van der Waals surface area (Å²) in [7, 11) is 0. The third kappa shape index (κ3) is 2.18. The van der Waals surface area contributed by atoms with Gasteiger partial charge < -0.3 is 10.1 Å². The van der Waals surface area contributed by atoms with E-state index in [-0.39, 0.29) is 12.5 Å². The maximum absolute atomic E-state index is 12.8. The van der Waals surface area contributed by atoms with Crippen molar-refractivity contribution in [2.24, 2.45) is 10.8 Å². The number of alkyl halides is 3. The Morgan fingerprint density at radius 3 is 2.42 bits per heavy atom. The van der Waals surface area contributed by atoms with Gasteiger partial charge in [-0.25, -0.2) is 0 Å². The molecule has 5 heteroatoms. The highest BCUT2D eigenvalue weighted by atomic mass is 19.4. The number of rotatable bonds is 2. The first-order valence-corrected chi connectivity index (χ1v) is 6.66. The molecule has 0 aromatic carbocycles. The zero-order chi connectivity index (χ0) is 13.7. The lowest BCUT2D eigenvalue weighted by Crippen LogP contribution is -2.62. The second-order valence-corrected chi connectivity index (χ2v) is 6.31. The zero-order valence-corrected chi connectivity index (χ0v) is 10.9. The van der Waals surface area contributed by atoms with Gasteiger partial charge in [-0.05, 0) is 38.3 Å². The number of halogens is 3. The molecule has 2 aliphatic carbocycles. The number of hydrogen-bond donors (Lipinski definition) is 1. The second kappa shape index (κ2) is 4.01. The predicted octanol–water partition coefficient (Wildman–Crippen LogP) is 3.17. The molecule has 1 N–H and O–H groups in total. The second-order valence-electron chi connectivity index (χ2n) is 6.31. The van der Waals surface area contributed by atoms with Crippen molar-refractivity contribution < 1.29 is 17.9 Å². The van der Waals surface area contributed by atoms with E-state index in [4.69, 9.17) is 4.74 Å². The number of hydrogen-bond acceptors (Lipinski definition) is 2. The van der Waals surface area contributed by atoms with E-state index in [2.05, 4.69) is 5.32 Å². The lowest BCUT2D eigenvalue weighted by Gasteiger charge is -2.53. The minimum Gasteiger partial charge on any atom is -0.491 e. The van der Waals surface area contributed by atoms with Crippen molar-refractivity contribution in [1.82, 2.24) is 5.32 Å². The van der Waals surface area contributed by atoms with E-state index in [1.54, 1.807) is 6.08 Å². The summed E-state index contributed by atoms with van der Waals surface area (Å²) in [6.45, 7) is 3.32. The maximum atomic E-state index is 12.8. The van der Waals surface area contributed by atoms with Crippen LogP contribution in [-0.2, 0) is 4.74 Å². The molecule has 1 spiro atoms. The van der Waals surface area contributed by atoms with Crippen molar-refractivity contribution in [2.75, 3.05) is 13.1 Å². The van der Waals surface area contributed by atoms with Gasteiger partial charge in [-0.15, -0.1) is 0 Å². The van der Waals surface area contributed by atoms with Gasteiger partial charge in [0.1, 0.15) is 5.76 Å². The molecule has 0 bridgehead atoms. The van der Waals surface area contributed by atoms with Gasteiger partial charge in [0.25, 0.3) is 0 Å². The van der Waals surface area contributed by atoms with Gasteiger partial charge in [-0.3, -0.25) is 0 Å². The summed E-state index contributed by atoms with van der Waals surface area (Å²) in [5.74, 6) is 0.592. The third-order valence-electron chi connectivity index (χ3n) is 4.61. The molecule has 1 saturated carbocycles. The summed E-state index contributed by atoms with van der Waals surface area (Å²) in [5.41, 5.74) is -1.33. The molecule has 106 valence electrons. The van der Waals surface area contributed by atoms with E-state index in [1.807, 2.05) is 0 Å². The van der Waals surface area contributed by atoms with Gasteiger partial charge in [0.2, 0.25) is 0 Å². The van der Waals surface area contributed by atoms with Crippen LogP contribution in [0.2, 0.25) is 0 Å². The molecule has 19 heavy (non-hydrogen) atoms. The molecule has 1 atom stereocenters. The van der Waals surface area contributed by atoms with Gasteiger partial charge in [-0.1, -0.05) is 6.08 Å². The van der Waals surface area contributed by atoms with Crippen molar-refractivity contribution >= 4 is 0 Å². The first-order valence-electron chi connectivity index (χ1n) is 6.66. The van der Waals surface area contributed by atoms with Gasteiger partial charge >= 0.3 is 6.18 Å². The Balaban J connectivity index is 1.54. The molecule has 1 aliphatic heterocycles. The highest BCUT2D eigenvalue weighted by Gasteiger charge is 2.51. The molecule has 0 amide bonds. The van der Waals surface area contributed by atoms with E-state index in [0.717, 1.165) is 25.9 Å². The molecule has 0 radical (unpaired) electrons. The highest BCUT2D eigenvalue weighted by Crippen LogP contribution is 2.48.